The van der Waals surface area contributed by atoms with Crippen molar-refractivity contribution in [2.45, 2.75) is 57.1 Å². The maximum atomic E-state index is 12.2. The summed E-state index contributed by atoms with van der Waals surface area (Å²) < 4.78 is 0. The Balaban J connectivity index is 1.89. The first-order valence-corrected chi connectivity index (χ1v) is 9.94. The van der Waals surface area contributed by atoms with Crippen LogP contribution in [0.15, 0.2) is 47.4 Å². The molecular formula is C22H27NO2S. The van der Waals surface area contributed by atoms with Gasteiger partial charge in [-0.05, 0) is 44.0 Å². The number of Topliss-reactive ketones (excluding diaryl/α,β-unsaturated/α-hetero) is 1. The number of anilines is 1. The van der Waals surface area contributed by atoms with Gasteiger partial charge in [-0.25, -0.2) is 0 Å². The fourth-order valence-electron chi connectivity index (χ4n) is 2.49. The van der Waals surface area contributed by atoms with E-state index in [1.165, 1.54) is 4.90 Å². The van der Waals surface area contributed by atoms with Crippen molar-refractivity contribution in [3.63, 3.8) is 0 Å². The second kappa shape index (κ2) is 9.58. The summed E-state index contributed by atoms with van der Waals surface area (Å²) in [4.78, 5) is 25.6. The lowest BCUT2D eigenvalue weighted by Crippen LogP contribution is -2.14. The van der Waals surface area contributed by atoms with E-state index in [-0.39, 0.29) is 24.5 Å². The van der Waals surface area contributed by atoms with Gasteiger partial charge in [-0.2, -0.15) is 0 Å². The number of hydrogen-bond donors (Lipinski definition) is 1. The Labute approximate surface area is 160 Å². The molecule has 26 heavy (non-hydrogen) atoms. The van der Waals surface area contributed by atoms with E-state index in [2.05, 4.69) is 25.2 Å². The first kappa shape index (κ1) is 20.2. The Kier molecular flexibility index (Phi) is 7.46. The van der Waals surface area contributed by atoms with Crippen LogP contribution in [0.1, 0.15) is 54.6 Å². The number of ketones is 1. The third kappa shape index (κ3) is 6.03. The lowest BCUT2D eigenvalue weighted by Gasteiger charge is -2.12. The van der Waals surface area contributed by atoms with Crippen molar-refractivity contribution in [3.05, 3.63) is 59.2 Å². The average molecular weight is 370 g/mol. The molecule has 0 heterocycles. The zero-order valence-corrected chi connectivity index (χ0v) is 16.8. The highest BCUT2D eigenvalue weighted by Crippen LogP contribution is 2.28. The van der Waals surface area contributed by atoms with Gasteiger partial charge in [-0.1, -0.05) is 43.7 Å². The van der Waals surface area contributed by atoms with Gasteiger partial charge >= 0.3 is 0 Å². The fraction of sp³-hybridized carbons (Fsp3) is 0.364. The molecule has 1 amide bonds. The smallest absolute Gasteiger partial charge is 0.224 e. The van der Waals surface area contributed by atoms with Crippen LogP contribution in [0.4, 0.5) is 5.69 Å². The van der Waals surface area contributed by atoms with Gasteiger partial charge in [0, 0.05) is 34.2 Å². The zero-order chi connectivity index (χ0) is 19.1. The second-order valence-electron chi connectivity index (χ2n) is 6.65. The van der Waals surface area contributed by atoms with Crippen molar-refractivity contribution in [2.75, 3.05) is 5.32 Å². The van der Waals surface area contributed by atoms with E-state index in [0.29, 0.717) is 10.8 Å². The number of benzene rings is 2. The Morgan fingerprint density at radius 1 is 1.04 bits per heavy atom. The highest BCUT2D eigenvalue weighted by molar-refractivity contribution is 7.99. The van der Waals surface area contributed by atoms with Crippen LogP contribution in [0.2, 0.25) is 0 Å². The van der Waals surface area contributed by atoms with Crippen molar-refractivity contribution >= 4 is 29.1 Å². The van der Waals surface area contributed by atoms with Gasteiger partial charge in [0.1, 0.15) is 0 Å². The number of nitrogens with one attached hydrogen (secondary N) is 1. The van der Waals surface area contributed by atoms with Crippen LogP contribution in [-0.4, -0.2) is 16.9 Å². The van der Waals surface area contributed by atoms with Gasteiger partial charge in [0.05, 0.1) is 0 Å². The molecule has 2 aromatic carbocycles. The SMILES string of the molecule is CCC(C)Sc1ccc(NC(=O)CCC(=O)c2ccc(C)cc2)c(C)c1. The predicted octanol–water partition coefficient (Wildman–Crippen LogP) is 5.80. The summed E-state index contributed by atoms with van der Waals surface area (Å²) in [5.74, 6) is -0.131. The van der Waals surface area contributed by atoms with E-state index in [1.54, 1.807) is 0 Å². The van der Waals surface area contributed by atoms with E-state index >= 15 is 0 Å². The van der Waals surface area contributed by atoms with Gasteiger partial charge < -0.3 is 5.32 Å². The molecule has 0 aliphatic rings. The molecule has 0 saturated carbocycles. The number of carbonyl (C=O) groups excluding carboxylic acids is 2. The van der Waals surface area contributed by atoms with Gasteiger partial charge in [0.2, 0.25) is 5.91 Å². The second-order valence-corrected chi connectivity index (χ2v) is 8.16. The zero-order valence-electron chi connectivity index (χ0n) is 16.0. The first-order chi connectivity index (χ1) is 12.4. The van der Waals surface area contributed by atoms with Crippen LogP contribution in [0, 0.1) is 13.8 Å². The molecule has 0 spiro atoms. The van der Waals surface area contributed by atoms with Gasteiger partial charge in [-0.15, -0.1) is 11.8 Å². The third-order valence-corrected chi connectivity index (χ3v) is 5.60. The number of aryl methyl sites for hydroxylation is 2. The molecule has 0 aromatic heterocycles. The summed E-state index contributed by atoms with van der Waals surface area (Å²) >= 11 is 1.84. The Hall–Kier alpha value is -2.07. The number of carbonyl (C=O) groups is 2. The topological polar surface area (TPSA) is 46.2 Å². The summed E-state index contributed by atoms with van der Waals surface area (Å²) in [6.07, 6.45) is 1.53. The van der Waals surface area contributed by atoms with Gasteiger partial charge in [0.15, 0.2) is 5.78 Å². The van der Waals surface area contributed by atoms with E-state index < -0.39 is 0 Å². The maximum absolute atomic E-state index is 12.2. The highest BCUT2D eigenvalue weighted by atomic mass is 32.2. The summed E-state index contributed by atoms with van der Waals surface area (Å²) in [6, 6.07) is 13.5. The molecule has 1 N–H and O–H groups in total. The van der Waals surface area contributed by atoms with Crippen molar-refractivity contribution in [3.8, 4) is 0 Å². The molecule has 138 valence electrons. The average Bonchev–Trinajstić information content (AvgIpc) is 2.62. The molecule has 0 bridgehead atoms. The third-order valence-electron chi connectivity index (χ3n) is 4.34. The highest BCUT2D eigenvalue weighted by Gasteiger charge is 2.11. The lowest BCUT2D eigenvalue weighted by molar-refractivity contribution is -0.116. The van der Waals surface area contributed by atoms with Crippen molar-refractivity contribution in [1.29, 1.82) is 0 Å². The standard InChI is InChI=1S/C22H27NO2S/c1-5-17(4)26-19-10-11-20(16(3)14-19)23-22(25)13-12-21(24)18-8-6-15(2)7-9-18/h6-11,14,17H,5,12-13H2,1-4H3,(H,23,25). The van der Waals surface area contributed by atoms with Crippen LogP contribution in [-0.2, 0) is 4.79 Å². The fourth-order valence-corrected chi connectivity index (χ4v) is 3.51. The van der Waals surface area contributed by atoms with Crippen LogP contribution in [0.25, 0.3) is 0 Å². The molecule has 0 aliphatic heterocycles. The Morgan fingerprint density at radius 3 is 2.35 bits per heavy atom. The van der Waals surface area contributed by atoms with Crippen LogP contribution >= 0.6 is 11.8 Å². The maximum Gasteiger partial charge on any atom is 0.224 e. The molecule has 3 nitrogen and oxygen atoms in total. The quantitative estimate of drug-likeness (QED) is 0.473. The molecule has 2 aromatic rings. The van der Waals surface area contributed by atoms with E-state index in [9.17, 15) is 9.59 Å². The van der Waals surface area contributed by atoms with Crippen LogP contribution in [0.5, 0.6) is 0 Å². The van der Waals surface area contributed by atoms with E-state index in [4.69, 9.17) is 0 Å². The molecule has 0 radical (unpaired) electrons. The summed E-state index contributed by atoms with van der Waals surface area (Å²) in [5, 5.41) is 3.49. The molecule has 4 heteroatoms. The van der Waals surface area contributed by atoms with Crippen molar-refractivity contribution in [2.24, 2.45) is 0 Å². The normalized spacial score (nSPS) is 11.8. The minimum absolute atomic E-state index is 0.00262. The molecule has 0 aliphatic carbocycles. The minimum atomic E-state index is -0.129. The van der Waals surface area contributed by atoms with Gasteiger partial charge in [-0.3, -0.25) is 9.59 Å². The Morgan fingerprint density at radius 2 is 1.73 bits per heavy atom. The summed E-state index contributed by atoms with van der Waals surface area (Å²) in [5.41, 5.74) is 3.62. The molecule has 0 saturated heterocycles. The first-order valence-electron chi connectivity index (χ1n) is 9.06. The predicted molar refractivity (Wildman–Crippen MR) is 110 cm³/mol. The monoisotopic (exact) mass is 369 g/mol. The number of thioether (sulfide) groups is 1. The molecule has 1 atom stereocenters. The summed E-state index contributed by atoms with van der Waals surface area (Å²) in [6.45, 7) is 8.36. The number of amides is 1. The van der Waals surface area contributed by atoms with Crippen molar-refractivity contribution < 1.29 is 9.59 Å². The van der Waals surface area contributed by atoms with E-state index in [1.807, 2.05) is 62.0 Å². The van der Waals surface area contributed by atoms with Crippen molar-refractivity contribution in [1.82, 2.24) is 0 Å². The van der Waals surface area contributed by atoms with Crippen LogP contribution in [0.3, 0.4) is 0 Å². The number of rotatable bonds is 8. The van der Waals surface area contributed by atoms with Gasteiger partial charge in [0.25, 0.3) is 0 Å². The number of hydrogen-bond acceptors (Lipinski definition) is 3. The molecule has 0 fully saturated rings. The van der Waals surface area contributed by atoms with E-state index in [0.717, 1.165) is 23.2 Å². The summed E-state index contributed by atoms with van der Waals surface area (Å²) in [7, 11) is 0. The largest absolute Gasteiger partial charge is 0.326 e. The molecule has 2 rings (SSSR count). The Bertz CT molecular complexity index is 768. The molecule has 1 unspecified atom stereocenters. The molecular weight excluding hydrogens is 342 g/mol. The van der Waals surface area contributed by atoms with Crippen LogP contribution < -0.4 is 5.32 Å². The lowest BCUT2D eigenvalue weighted by atomic mass is 10.0. The minimum Gasteiger partial charge on any atom is -0.326 e.